The van der Waals surface area contributed by atoms with Gasteiger partial charge < -0.3 is 20.1 Å². The quantitative estimate of drug-likeness (QED) is 0.733. The van der Waals surface area contributed by atoms with Crippen molar-refractivity contribution in [2.24, 2.45) is 0 Å². The van der Waals surface area contributed by atoms with Gasteiger partial charge in [-0.15, -0.1) is 0 Å². The number of hydrogen-bond acceptors (Lipinski definition) is 4. The topological polar surface area (TPSA) is 69.9 Å². The van der Waals surface area contributed by atoms with Crippen LogP contribution in [0.5, 0.6) is 17.2 Å². The SMILES string of the molecule is Oc1cc(O)c2c(c1)C[C@H](c1ccccc1)[C@H](O)O2. The summed E-state index contributed by atoms with van der Waals surface area (Å²) in [6.45, 7) is 0. The van der Waals surface area contributed by atoms with Crippen LogP contribution in [0.3, 0.4) is 0 Å². The maximum atomic E-state index is 10.1. The second kappa shape index (κ2) is 4.48. The molecule has 0 radical (unpaired) electrons. The van der Waals surface area contributed by atoms with E-state index >= 15 is 0 Å². The van der Waals surface area contributed by atoms with Gasteiger partial charge in [-0.1, -0.05) is 30.3 Å². The van der Waals surface area contributed by atoms with Gasteiger partial charge in [0.15, 0.2) is 11.5 Å². The molecule has 2 atom stereocenters. The average Bonchev–Trinajstić information content (AvgIpc) is 2.40. The molecule has 1 heterocycles. The molecule has 2 aromatic carbocycles. The fourth-order valence-electron chi connectivity index (χ4n) is 2.47. The molecule has 3 rings (SSSR count). The summed E-state index contributed by atoms with van der Waals surface area (Å²) in [7, 11) is 0. The van der Waals surface area contributed by atoms with Crippen molar-refractivity contribution in [2.75, 3.05) is 0 Å². The molecule has 0 aliphatic carbocycles. The Hall–Kier alpha value is -2.20. The summed E-state index contributed by atoms with van der Waals surface area (Å²) in [5.74, 6) is -0.129. The van der Waals surface area contributed by atoms with Gasteiger partial charge in [0.05, 0.1) is 5.92 Å². The first-order valence-corrected chi connectivity index (χ1v) is 6.09. The van der Waals surface area contributed by atoms with Crippen molar-refractivity contribution in [3.8, 4) is 17.2 Å². The zero-order chi connectivity index (χ0) is 13.4. The van der Waals surface area contributed by atoms with Crippen molar-refractivity contribution in [1.29, 1.82) is 0 Å². The number of rotatable bonds is 1. The molecule has 4 nitrogen and oxygen atoms in total. The molecular formula is C15H14O4. The Bertz CT molecular complexity index is 595. The zero-order valence-electron chi connectivity index (χ0n) is 10.2. The van der Waals surface area contributed by atoms with Crippen molar-refractivity contribution in [1.82, 2.24) is 0 Å². The Morgan fingerprint density at radius 1 is 1.05 bits per heavy atom. The fraction of sp³-hybridized carbons (Fsp3) is 0.200. The number of hydrogen-bond donors (Lipinski definition) is 3. The minimum absolute atomic E-state index is 0.0111. The maximum Gasteiger partial charge on any atom is 0.204 e. The third-order valence-electron chi connectivity index (χ3n) is 3.38. The molecule has 0 saturated heterocycles. The van der Waals surface area contributed by atoms with Gasteiger partial charge in [-0.2, -0.15) is 0 Å². The Kier molecular flexibility index (Phi) is 2.80. The van der Waals surface area contributed by atoms with Crippen LogP contribution in [0.4, 0.5) is 0 Å². The number of phenolic OH excluding ortho intramolecular Hbond substituents is 2. The van der Waals surface area contributed by atoms with Crippen LogP contribution in [0.25, 0.3) is 0 Å². The summed E-state index contributed by atoms with van der Waals surface area (Å²) >= 11 is 0. The van der Waals surface area contributed by atoms with E-state index in [-0.39, 0.29) is 23.2 Å². The number of phenols is 2. The Morgan fingerprint density at radius 2 is 1.79 bits per heavy atom. The second-order valence-corrected chi connectivity index (χ2v) is 4.68. The van der Waals surface area contributed by atoms with Crippen molar-refractivity contribution < 1.29 is 20.1 Å². The van der Waals surface area contributed by atoms with E-state index < -0.39 is 6.29 Å². The van der Waals surface area contributed by atoms with Gasteiger partial charge in [0, 0.05) is 11.6 Å². The number of aromatic hydroxyl groups is 2. The summed E-state index contributed by atoms with van der Waals surface area (Å²) in [4.78, 5) is 0. The van der Waals surface area contributed by atoms with Crippen molar-refractivity contribution >= 4 is 0 Å². The molecule has 0 unspecified atom stereocenters. The summed E-state index contributed by atoms with van der Waals surface area (Å²) in [6, 6.07) is 12.3. The molecule has 1 aliphatic rings. The van der Waals surface area contributed by atoms with E-state index in [1.165, 1.54) is 6.07 Å². The van der Waals surface area contributed by atoms with Gasteiger partial charge in [-0.05, 0) is 18.1 Å². The highest BCUT2D eigenvalue weighted by molar-refractivity contribution is 5.52. The minimum Gasteiger partial charge on any atom is -0.508 e. The normalized spacial score (nSPS) is 21.5. The lowest BCUT2D eigenvalue weighted by molar-refractivity contribution is -0.0496. The van der Waals surface area contributed by atoms with Crippen molar-refractivity contribution in [3.05, 3.63) is 53.6 Å². The first kappa shape index (κ1) is 11.9. The fourth-order valence-corrected chi connectivity index (χ4v) is 2.47. The second-order valence-electron chi connectivity index (χ2n) is 4.68. The van der Waals surface area contributed by atoms with Gasteiger partial charge in [0.25, 0.3) is 0 Å². The van der Waals surface area contributed by atoms with Crippen molar-refractivity contribution in [2.45, 2.75) is 18.6 Å². The Morgan fingerprint density at radius 3 is 2.53 bits per heavy atom. The Labute approximate surface area is 110 Å². The van der Waals surface area contributed by atoms with E-state index in [0.29, 0.717) is 12.0 Å². The number of aliphatic hydroxyl groups excluding tert-OH is 1. The smallest absolute Gasteiger partial charge is 0.204 e. The predicted molar refractivity (Wildman–Crippen MR) is 69.3 cm³/mol. The van der Waals surface area contributed by atoms with Crippen molar-refractivity contribution in [3.63, 3.8) is 0 Å². The molecule has 19 heavy (non-hydrogen) atoms. The predicted octanol–water partition coefficient (Wildman–Crippen LogP) is 2.13. The highest BCUT2D eigenvalue weighted by Crippen LogP contribution is 2.42. The molecule has 0 spiro atoms. The third kappa shape index (κ3) is 2.11. The lowest BCUT2D eigenvalue weighted by Gasteiger charge is -2.30. The molecule has 0 bridgehead atoms. The third-order valence-corrected chi connectivity index (χ3v) is 3.38. The molecule has 1 aliphatic heterocycles. The molecule has 4 heteroatoms. The largest absolute Gasteiger partial charge is 0.508 e. The standard InChI is InChI=1S/C15H14O4/c16-11-6-10-7-12(9-4-2-1-3-5-9)15(18)19-14(10)13(17)8-11/h1-6,8,12,15-18H,7H2/t12-,15-/m1/s1. The molecule has 98 valence electrons. The van der Waals surface area contributed by atoms with Gasteiger partial charge in [-0.3, -0.25) is 0 Å². The monoisotopic (exact) mass is 258 g/mol. The summed E-state index contributed by atoms with van der Waals surface area (Å²) in [5.41, 5.74) is 1.65. The van der Waals surface area contributed by atoms with Gasteiger partial charge in [-0.25, -0.2) is 0 Å². The Balaban J connectivity index is 2.00. The van der Waals surface area contributed by atoms with Crippen LogP contribution in [0.1, 0.15) is 17.0 Å². The van der Waals surface area contributed by atoms with E-state index in [1.807, 2.05) is 30.3 Å². The van der Waals surface area contributed by atoms with Crippen LogP contribution in [-0.4, -0.2) is 21.6 Å². The lowest BCUT2D eigenvalue weighted by atomic mass is 9.89. The first-order chi connectivity index (χ1) is 9.15. The van der Waals surface area contributed by atoms with Crippen LogP contribution in [0.2, 0.25) is 0 Å². The van der Waals surface area contributed by atoms with E-state index in [4.69, 9.17) is 4.74 Å². The minimum atomic E-state index is -1.01. The van der Waals surface area contributed by atoms with Gasteiger partial charge >= 0.3 is 0 Å². The number of ether oxygens (including phenoxy) is 1. The van der Waals surface area contributed by atoms with Crippen LogP contribution in [0, 0.1) is 0 Å². The van der Waals surface area contributed by atoms with Crippen LogP contribution in [0.15, 0.2) is 42.5 Å². The molecule has 0 fully saturated rings. The first-order valence-electron chi connectivity index (χ1n) is 6.09. The molecule has 0 amide bonds. The average molecular weight is 258 g/mol. The molecule has 0 saturated carbocycles. The van der Waals surface area contributed by atoms with Crippen LogP contribution >= 0.6 is 0 Å². The highest BCUT2D eigenvalue weighted by atomic mass is 16.6. The van der Waals surface area contributed by atoms with E-state index in [2.05, 4.69) is 0 Å². The van der Waals surface area contributed by atoms with Gasteiger partial charge in [0.1, 0.15) is 5.75 Å². The number of aliphatic hydroxyl groups is 1. The van der Waals surface area contributed by atoms with E-state index in [9.17, 15) is 15.3 Å². The van der Waals surface area contributed by atoms with Gasteiger partial charge in [0.2, 0.25) is 6.29 Å². The molecule has 3 N–H and O–H groups in total. The molecule has 0 aromatic heterocycles. The zero-order valence-corrected chi connectivity index (χ0v) is 10.2. The molecular weight excluding hydrogens is 244 g/mol. The van der Waals surface area contributed by atoms with E-state index in [1.54, 1.807) is 6.07 Å². The lowest BCUT2D eigenvalue weighted by Crippen LogP contribution is -2.30. The van der Waals surface area contributed by atoms with E-state index in [0.717, 1.165) is 5.56 Å². The van der Waals surface area contributed by atoms with Crippen LogP contribution in [-0.2, 0) is 6.42 Å². The highest BCUT2D eigenvalue weighted by Gasteiger charge is 2.31. The number of benzene rings is 2. The molecule has 2 aromatic rings. The maximum absolute atomic E-state index is 10.1. The summed E-state index contributed by atoms with van der Waals surface area (Å²) in [6.07, 6.45) is -0.506. The number of fused-ring (bicyclic) bond motifs is 1. The summed E-state index contributed by atoms with van der Waals surface area (Å²) < 4.78 is 5.38. The summed E-state index contributed by atoms with van der Waals surface area (Å²) in [5, 5.41) is 29.3. The van der Waals surface area contributed by atoms with Crippen LogP contribution < -0.4 is 4.74 Å².